The van der Waals surface area contributed by atoms with Gasteiger partial charge in [-0.15, -0.1) is 0 Å². The van der Waals surface area contributed by atoms with Crippen molar-refractivity contribution in [2.24, 2.45) is 0 Å². The van der Waals surface area contributed by atoms with Gasteiger partial charge in [-0.05, 0) is 35.9 Å². The van der Waals surface area contributed by atoms with Gasteiger partial charge < -0.3 is 9.30 Å². The number of carbonyl (C=O) groups is 1. The molecule has 0 N–H and O–H groups in total. The highest BCUT2D eigenvalue weighted by molar-refractivity contribution is 5.98. The molecule has 0 atom stereocenters. The average Bonchev–Trinajstić information content (AvgIpc) is 2.86. The van der Waals surface area contributed by atoms with E-state index in [0.717, 1.165) is 22.8 Å². The molecule has 2 aromatic carbocycles. The fraction of sp³-hybridized carbons (Fsp3) is 0.118. The molecule has 0 saturated heterocycles. The van der Waals surface area contributed by atoms with Gasteiger partial charge in [-0.1, -0.05) is 12.1 Å². The van der Waals surface area contributed by atoms with Gasteiger partial charge in [-0.2, -0.15) is 0 Å². The van der Waals surface area contributed by atoms with Crippen LogP contribution in [0.25, 0.3) is 10.9 Å². The van der Waals surface area contributed by atoms with Crippen molar-refractivity contribution in [2.45, 2.75) is 6.54 Å². The van der Waals surface area contributed by atoms with E-state index in [0.29, 0.717) is 17.9 Å². The summed E-state index contributed by atoms with van der Waals surface area (Å²) in [5, 5.41) is 0.853. The van der Waals surface area contributed by atoms with Gasteiger partial charge in [-0.3, -0.25) is 4.79 Å². The highest BCUT2D eigenvalue weighted by atomic mass is 19.1. The largest absolute Gasteiger partial charge is 0.497 e. The minimum Gasteiger partial charge on any atom is -0.497 e. The molecule has 0 aliphatic rings. The second-order valence-corrected chi connectivity index (χ2v) is 4.84. The van der Waals surface area contributed by atoms with E-state index in [1.807, 2.05) is 22.8 Å². The molecule has 0 spiro atoms. The van der Waals surface area contributed by atoms with Gasteiger partial charge in [0.15, 0.2) is 6.29 Å². The molecular weight excluding hydrogens is 269 g/mol. The fourth-order valence-corrected chi connectivity index (χ4v) is 2.44. The van der Waals surface area contributed by atoms with Crippen molar-refractivity contribution in [3.8, 4) is 5.75 Å². The van der Waals surface area contributed by atoms with Crippen LogP contribution in [0.15, 0.2) is 48.7 Å². The van der Waals surface area contributed by atoms with E-state index in [9.17, 15) is 9.18 Å². The summed E-state index contributed by atoms with van der Waals surface area (Å²) in [6.45, 7) is 0.580. The molecule has 0 fully saturated rings. The number of fused-ring (bicyclic) bond motifs is 1. The summed E-state index contributed by atoms with van der Waals surface area (Å²) in [5.74, 6) is 0.458. The molecule has 0 bridgehead atoms. The summed E-state index contributed by atoms with van der Waals surface area (Å²) >= 11 is 0. The maximum Gasteiger partial charge on any atom is 0.152 e. The van der Waals surface area contributed by atoms with Crippen molar-refractivity contribution in [2.75, 3.05) is 7.11 Å². The topological polar surface area (TPSA) is 31.2 Å². The molecule has 4 heteroatoms. The van der Waals surface area contributed by atoms with Crippen molar-refractivity contribution in [3.63, 3.8) is 0 Å². The molecule has 3 aromatic rings. The van der Waals surface area contributed by atoms with Crippen molar-refractivity contribution >= 4 is 17.2 Å². The van der Waals surface area contributed by atoms with E-state index in [1.165, 1.54) is 12.1 Å². The number of hydrogen-bond donors (Lipinski definition) is 0. The molecule has 0 saturated carbocycles. The molecule has 21 heavy (non-hydrogen) atoms. The maximum atomic E-state index is 13.0. The predicted octanol–water partition coefficient (Wildman–Crippen LogP) is 3.65. The van der Waals surface area contributed by atoms with Crippen LogP contribution in [-0.4, -0.2) is 18.0 Å². The van der Waals surface area contributed by atoms with Crippen LogP contribution in [-0.2, 0) is 6.54 Å². The Bertz CT molecular complexity index is 790. The molecule has 3 nitrogen and oxygen atoms in total. The Morgan fingerprint density at radius 2 is 1.95 bits per heavy atom. The number of aromatic nitrogens is 1. The third kappa shape index (κ3) is 2.52. The zero-order valence-electron chi connectivity index (χ0n) is 11.5. The van der Waals surface area contributed by atoms with Gasteiger partial charge in [-0.25, -0.2) is 4.39 Å². The first-order valence-electron chi connectivity index (χ1n) is 6.58. The van der Waals surface area contributed by atoms with E-state index in [-0.39, 0.29) is 5.82 Å². The molecule has 0 amide bonds. The SMILES string of the molecule is COc1ccc2c(c1)c(C=O)cn2Cc1ccc(F)cc1. The Morgan fingerprint density at radius 1 is 1.19 bits per heavy atom. The maximum absolute atomic E-state index is 13.0. The minimum absolute atomic E-state index is 0.255. The first-order valence-corrected chi connectivity index (χ1v) is 6.58. The zero-order valence-corrected chi connectivity index (χ0v) is 11.5. The van der Waals surface area contributed by atoms with Crippen LogP contribution in [0.2, 0.25) is 0 Å². The van der Waals surface area contributed by atoms with Gasteiger partial charge in [0.2, 0.25) is 0 Å². The second kappa shape index (κ2) is 5.40. The molecule has 0 radical (unpaired) electrons. The van der Waals surface area contributed by atoms with Crippen LogP contribution in [0.5, 0.6) is 5.75 Å². The number of ether oxygens (including phenoxy) is 1. The summed E-state index contributed by atoms with van der Waals surface area (Å²) in [4.78, 5) is 11.2. The van der Waals surface area contributed by atoms with E-state index in [2.05, 4.69) is 0 Å². The van der Waals surface area contributed by atoms with Crippen LogP contribution >= 0.6 is 0 Å². The summed E-state index contributed by atoms with van der Waals surface area (Å²) in [5.41, 5.74) is 2.54. The predicted molar refractivity (Wildman–Crippen MR) is 79.4 cm³/mol. The van der Waals surface area contributed by atoms with E-state index >= 15 is 0 Å². The molecule has 0 aliphatic carbocycles. The number of nitrogens with zero attached hydrogens (tertiary/aromatic N) is 1. The van der Waals surface area contributed by atoms with Crippen LogP contribution in [0, 0.1) is 5.82 Å². The van der Waals surface area contributed by atoms with Gasteiger partial charge in [0, 0.05) is 29.2 Å². The normalized spacial score (nSPS) is 10.8. The monoisotopic (exact) mass is 283 g/mol. The lowest BCUT2D eigenvalue weighted by Crippen LogP contribution is -1.97. The third-order valence-corrected chi connectivity index (χ3v) is 3.51. The average molecular weight is 283 g/mol. The summed E-state index contributed by atoms with van der Waals surface area (Å²) in [7, 11) is 1.59. The van der Waals surface area contributed by atoms with Crippen molar-refractivity contribution in [1.82, 2.24) is 4.57 Å². The summed E-state index contributed by atoms with van der Waals surface area (Å²) < 4.78 is 20.1. The number of methoxy groups -OCH3 is 1. The minimum atomic E-state index is -0.255. The molecule has 0 aliphatic heterocycles. The zero-order chi connectivity index (χ0) is 14.8. The van der Waals surface area contributed by atoms with Crippen molar-refractivity contribution < 1.29 is 13.9 Å². The van der Waals surface area contributed by atoms with Gasteiger partial charge in [0.05, 0.1) is 7.11 Å². The number of hydrogen-bond acceptors (Lipinski definition) is 2. The lowest BCUT2D eigenvalue weighted by Gasteiger charge is -2.06. The van der Waals surface area contributed by atoms with Crippen LogP contribution in [0.4, 0.5) is 4.39 Å². The lowest BCUT2D eigenvalue weighted by molar-refractivity contribution is 0.112. The highest BCUT2D eigenvalue weighted by Gasteiger charge is 2.09. The second-order valence-electron chi connectivity index (χ2n) is 4.84. The van der Waals surface area contributed by atoms with Gasteiger partial charge >= 0.3 is 0 Å². The Kier molecular flexibility index (Phi) is 3.44. The van der Waals surface area contributed by atoms with Gasteiger partial charge in [0.25, 0.3) is 0 Å². The Balaban J connectivity index is 2.06. The molecule has 106 valence electrons. The number of rotatable bonds is 4. The van der Waals surface area contributed by atoms with Crippen LogP contribution < -0.4 is 4.74 Å². The number of benzene rings is 2. The molecule has 1 aromatic heterocycles. The molecule has 0 unspecified atom stereocenters. The van der Waals surface area contributed by atoms with E-state index in [1.54, 1.807) is 25.4 Å². The Hall–Kier alpha value is -2.62. The summed E-state index contributed by atoms with van der Waals surface area (Å²) in [6.07, 6.45) is 2.64. The smallest absolute Gasteiger partial charge is 0.152 e. The highest BCUT2D eigenvalue weighted by Crippen LogP contribution is 2.25. The molecule has 3 rings (SSSR count). The van der Waals surface area contributed by atoms with Crippen LogP contribution in [0.3, 0.4) is 0 Å². The van der Waals surface area contributed by atoms with Crippen LogP contribution in [0.1, 0.15) is 15.9 Å². The third-order valence-electron chi connectivity index (χ3n) is 3.51. The van der Waals surface area contributed by atoms with E-state index in [4.69, 9.17) is 4.74 Å². The van der Waals surface area contributed by atoms with E-state index < -0.39 is 0 Å². The standard InChI is InChI=1S/C17H14FNO2/c1-21-15-6-7-17-16(8-15)13(11-20)10-19(17)9-12-2-4-14(18)5-3-12/h2-8,10-11H,9H2,1H3. The molecular formula is C17H14FNO2. The van der Waals surface area contributed by atoms with Crippen molar-refractivity contribution in [3.05, 3.63) is 65.6 Å². The number of aldehydes is 1. The quantitative estimate of drug-likeness (QED) is 0.684. The van der Waals surface area contributed by atoms with Gasteiger partial charge in [0.1, 0.15) is 11.6 Å². The first-order chi connectivity index (χ1) is 10.2. The lowest BCUT2D eigenvalue weighted by atomic mass is 10.2. The summed E-state index contributed by atoms with van der Waals surface area (Å²) in [6, 6.07) is 12.0. The number of halogens is 1. The fourth-order valence-electron chi connectivity index (χ4n) is 2.44. The number of carbonyl (C=O) groups excluding carboxylic acids is 1. The Labute approximate surface area is 121 Å². The van der Waals surface area contributed by atoms with Crippen molar-refractivity contribution in [1.29, 1.82) is 0 Å². The molecule has 1 heterocycles. The first kappa shape index (κ1) is 13.4. The Morgan fingerprint density at radius 3 is 2.62 bits per heavy atom.